The van der Waals surface area contributed by atoms with E-state index in [-0.39, 0.29) is 24.8 Å². The number of halogens is 1. The van der Waals surface area contributed by atoms with E-state index in [4.69, 9.17) is 0 Å². The zero-order chi connectivity index (χ0) is 28.0. The third kappa shape index (κ3) is 6.59. The van der Waals surface area contributed by atoms with E-state index in [9.17, 15) is 19.8 Å². The molecule has 4 rings (SSSR count). The van der Waals surface area contributed by atoms with E-state index >= 15 is 4.39 Å². The average molecular weight is 542 g/mol. The zero-order valence-corrected chi connectivity index (χ0v) is 22.8. The van der Waals surface area contributed by atoms with Crippen molar-refractivity contribution in [3.8, 4) is 11.1 Å². The number of carbonyl (C=O) groups is 2. The third-order valence-electron chi connectivity index (χ3n) is 8.11. The number of nitrogens with zero attached hydrogens (tertiary/aromatic N) is 1. The second kappa shape index (κ2) is 12.9. The largest absolute Gasteiger partial charge is 0.453 e. The van der Waals surface area contributed by atoms with Gasteiger partial charge in [-0.3, -0.25) is 4.79 Å². The maximum Gasteiger partial charge on any atom is 0.406 e. The van der Waals surface area contributed by atoms with Crippen LogP contribution in [-0.4, -0.2) is 72.5 Å². The average Bonchev–Trinajstić information content (AvgIpc) is 3.40. The van der Waals surface area contributed by atoms with E-state index in [2.05, 4.69) is 15.4 Å². The van der Waals surface area contributed by atoms with Crippen LogP contribution in [0.25, 0.3) is 11.1 Å². The van der Waals surface area contributed by atoms with Crippen LogP contribution >= 0.6 is 0 Å². The molecule has 4 atom stereocenters. The van der Waals surface area contributed by atoms with Gasteiger partial charge in [-0.15, -0.1) is 0 Å². The van der Waals surface area contributed by atoms with Crippen molar-refractivity contribution >= 4 is 12.0 Å². The number of piperidine rings is 1. The van der Waals surface area contributed by atoms with Gasteiger partial charge in [-0.05, 0) is 61.3 Å². The van der Waals surface area contributed by atoms with Gasteiger partial charge >= 0.3 is 6.09 Å². The van der Waals surface area contributed by atoms with E-state index in [1.54, 1.807) is 17.0 Å². The smallest absolute Gasteiger partial charge is 0.406 e. The molecule has 2 fully saturated rings. The lowest BCUT2D eigenvalue weighted by atomic mass is 9.72. The van der Waals surface area contributed by atoms with E-state index in [1.165, 1.54) is 13.2 Å². The number of amides is 2. The Morgan fingerprint density at radius 2 is 2.05 bits per heavy atom. The fourth-order valence-electron chi connectivity index (χ4n) is 6.00. The molecule has 0 radical (unpaired) electrons. The molecule has 4 N–H and O–H groups in total. The van der Waals surface area contributed by atoms with Crippen LogP contribution in [0.1, 0.15) is 50.2 Å². The minimum absolute atomic E-state index is 0.0823. The van der Waals surface area contributed by atoms with Crippen LogP contribution in [0.3, 0.4) is 0 Å². The molecule has 2 aliphatic heterocycles. The van der Waals surface area contributed by atoms with Gasteiger partial charge in [0.25, 0.3) is 0 Å². The molecule has 39 heavy (non-hydrogen) atoms. The first-order valence-corrected chi connectivity index (χ1v) is 13.9. The lowest BCUT2D eigenvalue weighted by Gasteiger charge is -2.44. The van der Waals surface area contributed by atoms with Gasteiger partial charge in [-0.2, -0.15) is 0 Å². The predicted octanol–water partition coefficient (Wildman–Crippen LogP) is 3.34. The van der Waals surface area contributed by atoms with Crippen LogP contribution in [0.2, 0.25) is 0 Å². The Balaban J connectivity index is 1.69. The van der Waals surface area contributed by atoms with E-state index in [1.807, 2.05) is 31.2 Å². The topological polar surface area (TPSA) is 111 Å². The van der Waals surface area contributed by atoms with Crippen LogP contribution in [-0.2, 0) is 21.6 Å². The highest BCUT2D eigenvalue weighted by Crippen LogP contribution is 2.44. The Morgan fingerprint density at radius 3 is 2.77 bits per heavy atom. The Kier molecular flexibility index (Phi) is 9.58. The van der Waals surface area contributed by atoms with Crippen molar-refractivity contribution in [2.75, 3.05) is 33.3 Å². The van der Waals surface area contributed by atoms with Crippen molar-refractivity contribution in [2.45, 2.75) is 63.2 Å². The maximum atomic E-state index is 15.6. The number of hydrogen-bond acceptors (Lipinski definition) is 6. The molecule has 2 heterocycles. The van der Waals surface area contributed by atoms with Crippen LogP contribution in [0.5, 0.6) is 0 Å². The van der Waals surface area contributed by atoms with Crippen LogP contribution in [0.4, 0.5) is 9.18 Å². The van der Waals surface area contributed by atoms with Gasteiger partial charge in [0, 0.05) is 37.7 Å². The summed E-state index contributed by atoms with van der Waals surface area (Å²) < 4.78 is 20.2. The number of aliphatic hydroxyl groups is 2. The number of likely N-dealkylation sites (tertiary alicyclic amines) is 1. The normalized spacial score (nSPS) is 22.8. The lowest BCUT2D eigenvalue weighted by molar-refractivity contribution is -0.138. The van der Waals surface area contributed by atoms with Gasteiger partial charge in [0.15, 0.2) is 0 Å². The van der Waals surface area contributed by atoms with E-state index in [0.29, 0.717) is 62.0 Å². The second-order valence-corrected chi connectivity index (χ2v) is 10.6. The second-order valence-electron chi connectivity index (χ2n) is 10.6. The Hall–Kier alpha value is -3.01. The lowest BCUT2D eigenvalue weighted by Crippen LogP contribution is -2.52. The summed E-state index contributed by atoms with van der Waals surface area (Å²) in [7, 11) is 1.29. The number of nitrogens with one attached hydrogen (secondary N) is 2. The van der Waals surface area contributed by atoms with Crippen molar-refractivity contribution in [3.05, 3.63) is 59.4 Å². The number of carbonyl (C=O) groups excluding carboxylic acids is 2. The molecule has 9 heteroatoms. The van der Waals surface area contributed by atoms with Gasteiger partial charge in [-0.25, -0.2) is 9.18 Å². The van der Waals surface area contributed by atoms with E-state index < -0.39 is 29.7 Å². The number of aliphatic hydroxyl groups excluding tert-OH is 1. The molecule has 3 unspecified atom stereocenters. The molecular weight excluding hydrogens is 501 g/mol. The number of ether oxygens (including phenoxy) is 1. The summed E-state index contributed by atoms with van der Waals surface area (Å²) in [6.07, 6.45) is 2.11. The van der Waals surface area contributed by atoms with Crippen molar-refractivity contribution in [2.24, 2.45) is 5.92 Å². The summed E-state index contributed by atoms with van der Waals surface area (Å²) in [6, 6.07) is 12.1. The molecule has 0 bridgehead atoms. The van der Waals surface area contributed by atoms with Gasteiger partial charge < -0.3 is 30.5 Å². The summed E-state index contributed by atoms with van der Waals surface area (Å²) in [5, 5.41) is 28.2. The standard InChI is InChI=1S/C30H40FN3O5/c1-3-20-8-4-9-21(16-20)27-24(11-5-12-25(27)31)30(38,13-7-14-32-29(37)39-2)22-10-6-15-34(19-22)28(36)26-17-23(35)18-33-26/h4-5,8-9,11-12,16,22-23,26,33,35,38H,3,6-7,10,13-15,17-19H2,1-2H3,(H,32,37)/t22?,23?,26-,30?/m1/s1. The number of β-amino-alcohol motifs (C(OH)–C–C–N with tert-alkyl or cyclic N) is 1. The molecule has 2 saturated heterocycles. The third-order valence-corrected chi connectivity index (χ3v) is 8.11. The fourth-order valence-corrected chi connectivity index (χ4v) is 6.00. The van der Waals surface area contributed by atoms with Crippen molar-refractivity contribution in [3.63, 3.8) is 0 Å². The number of hydrogen-bond donors (Lipinski definition) is 4. The summed E-state index contributed by atoms with van der Waals surface area (Å²) in [6.45, 7) is 3.59. The number of rotatable bonds is 9. The molecule has 212 valence electrons. The highest BCUT2D eigenvalue weighted by atomic mass is 19.1. The number of methoxy groups -OCH3 is 1. The Morgan fingerprint density at radius 1 is 1.26 bits per heavy atom. The maximum absolute atomic E-state index is 15.6. The minimum atomic E-state index is -1.46. The van der Waals surface area contributed by atoms with Crippen molar-refractivity contribution in [1.29, 1.82) is 0 Å². The fraction of sp³-hybridized carbons (Fsp3) is 0.533. The van der Waals surface area contributed by atoms with Crippen LogP contribution in [0, 0.1) is 11.7 Å². The monoisotopic (exact) mass is 541 g/mol. The number of benzene rings is 2. The van der Waals surface area contributed by atoms with Gasteiger partial charge in [0.1, 0.15) is 5.82 Å². The SMILES string of the molecule is CCc1cccc(-c2c(F)cccc2C(O)(CCCNC(=O)OC)C2CCCN(C(=O)[C@H]3CC(O)CN3)C2)c1. The molecule has 0 aromatic heterocycles. The van der Waals surface area contributed by atoms with E-state index in [0.717, 1.165) is 12.0 Å². The summed E-state index contributed by atoms with van der Waals surface area (Å²) in [5.41, 5.74) is 1.15. The molecule has 0 spiro atoms. The van der Waals surface area contributed by atoms with Crippen LogP contribution < -0.4 is 10.6 Å². The molecule has 0 saturated carbocycles. The highest BCUT2D eigenvalue weighted by Gasteiger charge is 2.44. The van der Waals surface area contributed by atoms with Gasteiger partial charge in [-0.1, -0.05) is 43.3 Å². The highest BCUT2D eigenvalue weighted by molar-refractivity contribution is 5.82. The summed E-state index contributed by atoms with van der Waals surface area (Å²) >= 11 is 0. The zero-order valence-electron chi connectivity index (χ0n) is 22.8. The van der Waals surface area contributed by atoms with Crippen molar-refractivity contribution < 1.29 is 28.9 Å². The molecule has 8 nitrogen and oxygen atoms in total. The molecule has 0 aliphatic carbocycles. The number of aryl methyl sites for hydroxylation is 1. The quantitative estimate of drug-likeness (QED) is 0.363. The minimum Gasteiger partial charge on any atom is -0.453 e. The Labute approximate surface area is 229 Å². The first-order chi connectivity index (χ1) is 18.8. The van der Waals surface area contributed by atoms with Gasteiger partial charge in [0.2, 0.25) is 5.91 Å². The number of alkyl carbamates (subject to hydrolysis) is 1. The first kappa shape index (κ1) is 29.0. The first-order valence-electron chi connectivity index (χ1n) is 13.9. The molecule has 2 aromatic carbocycles. The van der Waals surface area contributed by atoms with Crippen LogP contribution in [0.15, 0.2) is 42.5 Å². The summed E-state index contributed by atoms with van der Waals surface area (Å²) in [5.74, 6) is -0.851. The molecule has 2 aliphatic rings. The van der Waals surface area contributed by atoms with Crippen molar-refractivity contribution in [1.82, 2.24) is 15.5 Å². The van der Waals surface area contributed by atoms with Gasteiger partial charge in [0.05, 0.1) is 24.9 Å². The summed E-state index contributed by atoms with van der Waals surface area (Å²) in [4.78, 5) is 26.7. The Bertz CT molecular complexity index is 1160. The molecular formula is C30H40FN3O5. The molecule has 2 aromatic rings. The predicted molar refractivity (Wildman–Crippen MR) is 146 cm³/mol. The molecule has 2 amide bonds.